The third-order valence-corrected chi connectivity index (χ3v) is 3.55. The molecule has 0 bridgehead atoms. The number of fused-ring (bicyclic) bond motifs is 1. The zero-order valence-corrected chi connectivity index (χ0v) is 13.6. The SMILES string of the molecule is CN(C[C@H](O)COc1ccccc1C(F)(F)F)c1ccc2nnnn2n1. The molecule has 0 radical (unpaired) electrons. The van der Waals surface area contributed by atoms with Gasteiger partial charge in [0.1, 0.15) is 18.5 Å². The van der Waals surface area contributed by atoms with Gasteiger partial charge in [0.25, 0.3) is 0 Å². The van der Waals surface area contributed by atoms with Crippen molar-refractivity contribution < 1.29 is 23.0 Å². The Morgan fingerprint density at radius 2 is 2.00 bits per heavy atom. The van der Waals surface area contributed by atoms with Crippen LogP contribution in [0.1, 0.15) is 5.56 Å². The normalized spacial score (nSPS) is 13.0. The second-order valence-corrected chi connectivity index (χ2v) is 5.56. The molecule has 8 nitrogen and oxygen atoms in total. The lowest BCUT2D eigenvalue weighted by molar-refractivity contribution is -0.139. The zero-order valence-electron chi connectivity index (χ0n) is 13.6. The van der Waals surface area contributed by atoms with Gasteiger partial charge in [-0.1, -0.05) is 12.1 Å². The van der Waals surface area contributed by atoms with E-state index in [1.54, 1.807) is 24.1 Å². The van der Waals surface area contributed by atoms with Crippen LogP contribution in [0.2, 0.25) is 0 Å². The fourth-order valence-electron chi connectivity index (χ4n) is 2.32. The Labute approximate surface area is 145 Å². The number of para-hydroxylation sites is 1. The summed E-state index contributed by atoms with van der Waals surface area (Å²) in [5, 5.41) is 25.1. The summed E-state index contributed by atoms with van der Waals surface area (Å²) in [6.45, 7) is -0.209. The van der Waals surface area contributed by atoms with E-state index in [9.17, 15) is 18.3 Å². The summed E-state index contributed by atoms with van der Waals surface area (Å²) in [6, 6.07) is 8.18. The van der Waals surface area contributed by atoms with Crippen molar-refractivity contribution in [2.75, 3.05) is 25.1 Å². The summed E-state index contributed by atoms with van der Waals surface area (Å²) < 4.78 is 45.2. The molecule has 2 aromatic heterocycles. The second-order valence-electron chi connectivity index (χ2n) is 5.56. The van der Waals surface area contributed by atoms with Crippen LogP contribution >= 0.6 is 0 Å². The summed E-state index contributed by atoms with van der Waals surface area (Å²) in [7, 11) is 1.67. The maximum Gasteiger partial charge on any atom is 0.419 e. The van der Waals surface area contributed by atoms with Crippen LogP contribution in [0.15, 0.2) is 36.4 Å². The van der Waals surface area contributed by atoms with Gasteiger partial charge in [-0.2, -0.15) is 13.2 Å². The Morgan fingerprint density at radius 3 is 2.77 bits per heavy atom. The van der Waals surface area contributed by atoms with Crippen LogP contribution < -0.4 is 9.64 Å². The van der Waals surface area contributed by atoms with E-state index >= 15 is 0 Å². The number of ether oxygens (including phenoxy) is 1. The van der Waals surface area contributed by atoms with Crippen molar-refractivity contribution in [1.29, 1.82) is 0 Å². The molecule has 0 spiro atoms. The van der Waals surface area contributed by atoms with Crippen LogP contribution in [0.3, 0.4) is 0 Å². The fourth-order valence-corrected chi connectivity index (χ4v) is 2.32. The lowest BCUT2D eigenvalue weighted by atomic mass is 10.2. The van der Waals surface area contributed by atoms with E-state index in [1.165, 1.54) is 22.8 Å². The molecule has 11 heteroatoms. The van der Waals surface area contributed by atoms with Gasteiger partial charge in [-0.15, -0.1) is 14.8 Å². The number of hydrogen-bond donors (Lipinski definition) is 1. The van der Waals surface area contributed by atoms with Crippen molar-refractivity contribution in [3.8, 4) is 5.75 Å². The van der Waals surface area contributed by atoms with Crippen LogP contribution in [0.25, 0.3) is 5.65 Å². The van der Waals surface area contributed by atoms with Gasteiger partial charge in [0, 0.05) is 13.6 Å². The lowest BCUT2D eigenvalue weighted by Crippen LogP contribution is -2.34. The average molecular weight is 368 g/mol. The van der Waals surface area contributed by atoms with E-state index < -0.39 is 17.8 Å². The number of aliphatic hydroxyl groups is 1. The van der Waals surface area contributed by atoms with Crippen molar-refractivity contribution in [1.82, 2.24) is 25.3 Å². The number of aliphatic hydroxyl groups excluding tert-OH is 1. The van der Waals surface area contributed by atoms with Crippen LogP contribution in [0.5, 0.6) is 5.75 Å². The third kappa shape index (κ3) is 3.99. The highest BCUT2D eigenvalue weighted by atomic mass is 19.4. The van der Waals surface area contributed by atoms with Crippen LogP contribution in [0.4, 0.5) is 19.0 Å². The molecule has 3 rings (SSSR count). The van der Waals surface area contributed by atoms with Crippen LogP contribution in [-0.4, -0.2) is 56.7 Å². The van der Waals surface area contributed by atoms with E-state index in [2.05, 4.69) is 20.6 Å². The molecule has 0 unspecified atom stereocenters. The molecule has 0 fully saturated rings. The smallest absolute Gasteiger partial charge is 0.419 e. The van der Waals surface area contributed by atoms with Crippen molar-refractivity contribution in [3.05, 3.63) is 42.0 Å². The summed E-state index contributed by atoms with van der Waals surface area (Å²) in [5.74, 6) is 0.162. The van der Waals surface area contributed by atoms with Crippen LogP contribution in [0, 0.1) is 0 Å². The van der Waals surface area contributed by atoms with E-state index in [4.69, 9.17) is 4.74 Å². The number of tetrazole rings is 1. The summed E-state index contributed by atoms with van der Waals surface area (Å²) in [6.07, 6.45) is -5.56. The molecule has 1 N–H and O–H groups in total. The first-order chi connectivity index (χ1) is 12.3. The Balaban J connectivity index is 1.61. The summed E-state index contributed by atoms with van der Waals surface area (Å²) >= 11 is 0. The zero-order chi connectivity index (χ0) is 18.7. The van der Waals surface area contributed by atoms with Gasteiger partial charge < -0.3 is 14.7 Å². The molecular weight excluding hydrogens is 353 g/mol. The number of hydrogen-bond acceptors (Lipinski definition) is 7. The van der Waals surface area contributed by atoms with Gasteiger partial charge in [-0.25, -0.2) is 0 Å². The van der Waals surface area contributed by atoms with Gasteiger partial charge in [-0.3, -0.25) is 0 Å². The van der Waals surface area contributed by atoms with Gasteiger partial charge in [-0.05, 0) is 34.7 Å². The monoisotopic (exact) mass is 368 g/mol. The molecule has 26 heavy (non-hydrogen) atoms. The summed E-state index contributed by atoms with van der Waals surface area (Å²) in [4.78, 5) is 1.62. The minimum absolute atomic E-state index is 0.0921. The minimum Gasteiger partial charge on any atom is -0.490 e. The van der Waals surface area contributed by atoms with E-state index in [1.807, 2.05) is 0 Å². The number of aromatic nitrogens is 5. The Bertz CT molecular complexity index is 885. The maximum absolute atomic E-state index is 12.9. The Kier molecular flexibility index (Phi) is 4.89. The largest absolute Gasteiger partial charge is 0.490 e. The van der Waals surface area contributed by atoms with Crippen molar-refractivity contribution in [3.63, 3.8) is 0 Å². The van der Waals surface area contributed by atoms with Gasteiger partial charge in [0.15, 0.2) is 11.5 Å². The molecular formula is C15H15F3N6O2. The molecule has 0 aliphatic carbocycles. The standard InChI is InChI=1S/C15H15F3N6O2/c1-23(14-7-6-13-19-21-22-24(13)20-14)8-10(25)9-26-12-5-3-2-4-11(12)15(16,17)18/h2-7,10,25H,8-9H2,1H3/t10-/m0/s1. The molecule has 0 saturated heterocycles. The van der Waals surface area contributed by atoms with E-state index in [0.29, 0.717) is 11.5 Å². The molecule has 0 saturated carbocycles. The fraction of sp³-hybridized carbons (Fsp3) is 0.333. The predicted molar refractivity (Wildman–Crippen MR) is 84.8 cm³/mol. The van der Waals surface area contributed by atoms with Gasteiger partial charge in [0.2, 0.25) is 0 Å². The number of anilines is 1. The van der Waals surface area contributed by atoms with Crippen molar-refractivity contribution in [2.24, 2.45) is 0 Å². The molecule has 0 amide bonds. The predicted octanol–water partition coefficient (Wildman–Crippen LogP) is 1.41. The average Bonchev–Trinajstić information content (AvgIpc) is 3.07. The molecule has 138 valence electrons. The van der Waals surface area contributed by atoms with Crippen molar-refractivity contribution >= 4 is 11.5 Å². The van der Waals surface area contributed by atoms with E-state index in [0.717, 1.165) is 6.07 Å². The summed E-state index contributed by atoms with van der Waals surface area (Å²) in [5.41, 5.74) is -0.416. The quantitative estimate of drug-likeness (QED) is 0.704. The first-order valence-corrected chi connectivity index (χ1v) is 7.58. The molecule has 3 aromatic rings. The Hall–Kier alpha value is -2.95. The number of alkyl halides is 3. The minimum atomic E-state index is -4.52. The topological polar surface area (TPSA) is 88.7 Å². The lowest BCUT2D eigenvalue weighted by Gasteiger charge is -2.22. The highest BCUT2D eigenvalue weighted by molar-refractivity contribution is 5.43. The molecule has 0 aliphatic rings. The third-order valence-electron chi connectivity index (χ3n) is 3.55. The maximum atomic E-state index is 12.9. The first-order valence-electron chi connectivity index (χ1n) is 7.58. The van der Waals surface area contributed by atoms with Crippen LogP contribution in [-0.2, 0) is 6.18 Å². The number of likely N-dealkylation sites (N-methyl/N-ethyl adjacent to an activating group) is 1. The molecule has 1 aromatic carbocycles. The van der Waals surface area contributed by atoms with Gasteiger partial charge >= 0.3 is 6.18 Å². The van der Waals surface area contributed by atoms with E-state index in [-0.39, 0.29) is 18.9 Å². The van der Waals surface area contributed by atoms with Crippen molar-refractivity contribution in [2.45, 2.75) is 12.3 Å². The number of rotatable bonds is 6. The number of benzene rings is 1. The second kappa shape index (κ2) is 7.12. The molecule has 0 aliphatic heterocycles. The highest BCUT2D eigenvalue weighted by Crippen LogP contribution is 2.35. The number of halogens is 3. The Morgan fingerprint density at radius 1 is 1.23 bits per heavy atom. The highest BCUT2D eigenvalue weighted by Gasteiger charge is 2.34. The number of nitrogens with zero attached hydrogens (tertiary/aromatic N) is 6. The molecule has 1 atom stereocenters. The molecule has 2 heterocycles. The first kappa shape index (κ1) is 17.9. The van der Waals surface area contributed by atoms with Gasteiger partial charge in [0.05, 0.1) is 5.56 Å².